The molecular weight excluding hydrogens is 405 g/mol. The molecule has 0 aliphatic heterocycles. The van der Waals surface area contributed by atoms with Gasteiger partial charge in [-0.05, 0) is 55.5 Å². The Morgan fingerprint density at radius 2 is 1.96 bits per heavy atom. The lowest BCUT2D eigenvalue weighted by molar-refractivity contribution is 0.0975. The predicted molar refractivity (Wildman–Crippen MR) is 113 cm³/mol. The lowest BCUT2D eigenvalue weighted by Gasteiger charge is -2.14. The van der Waals surface area contributed by atoms with Crippen molar-refractivity contribution in [3.63, 3.8) is 0 Å². The number of hydrogen-bond donors (Lipinski definition) is 2. The number of thiocarbonyl (C=S) groups is 1. The third kappa shape index (κ3) is 4.30. The molecule has 138 valence electrons. The number of pyridine rings is 1. The number of nitrogens with zero attached hydrogens (tertiary/aromatic N) is 1. The van der Waals surface area contributed by atoms with Gasteiger partial charge in [-0.2, -0.15) is 0 Å². The third-order valence-electron chi connectivity index (χ3n) is 3.80. The number of rotatable bonds is 3. The summed E-state index contributed by atoms with van der Waals surface area (Å²) in [4.78, 5) is 17.1. The summed E-state index contributed by atoms with van der Waals surface area (Å²) in [7, 11) is 1.42. The SMILES string of the molecule is COc1c(Cl)cc(Cl)cc1C(=O)NC(=S)Nc1cccc2nc(C)ccc12. The molecule has 0 atom stereocenters. The molecule has 27 heavy (non-hydrogen) atoms. The van der Waals surface area contributed by atoms with Crippen LogP contribution >= 0.6 is 35.4 Å². The van der Waals surface area contributed by atoms with Gasteiger partial charge in [0.1, 0.15) is 5.75 Å². The number of benzene rings is 2. The zero-order valence-electron chi connectivity index (χ0n) is 14.5. The van der Waals surface area contributed by atoms with Crippen LogP contribution in [0.5, 0.6) is 5.75 Å². The van der Waals surface area contributed by atoms with Gasteiger partial charge in [0.15, 0.2) is 5.11 Å². The lowest BCUT2D eigenvalue weighted by atomic mass is 10.1. The summed E-state index contributed by atoms with van der Waals surface area (Å²) in [5, 5.41) is 7.22. The molecule has 0 spiro atoms. The highest BCUT2D eigenvalue weighted by molar-refractivity contribution is 7.80. The lowest BCUT2D eigenvalue weighted by Crippen LogP contribution is -2.34. The Morgan fingerprint density at radius 1 is 1.19 bits per heavy atom. The normalized spacial score (nSPS) is 10.5. The van der Waals surface area contributed by atoms with Gasteiger partial charge in [0, 0.05) is 21.8 Å². The minimum Gasteiger partial charge on any atom is -0.494 e. The molecule has 0 aliphatic carbocycles. The molecule has 0 radical (unpaired) electrons. The van der Waals surface area contributed by atoms with Gasteiger partial charge < -0.3 is 10.1 Å². The second-order valence-electron chi connectivity index (χ2n) is 5.70. The zero-order valence-corrected chi connectivity index (χ0v) is 16.8. The molecular formula is C19H15Cl2N3O2S. The van der Waals surface area contributed by atoms with Gasteiger partial charge >= 0.3 is 0 Å². The number of hydrogen-bond acceptors (Lipinski definition) is 4. The fourth-order valence-corrected chi connectivity index (χ4v) is 3.40. The van der Waals surface area contributed by atoms with Crippen molar-refractivity contribution in [3.05, 3.63) is 63.8 Å². The summed E-state index contributed by atoms with van der Waals surface area (Å²) in [5.41, 5.74) is 2.67. The molecule has 0 saturated heterocycles. The standard InChI is InChI=1S/C19H15Cl2N3O2S/c1-10-6-7-12-15(22-10)4-3-5-16(12)23-19(27)24-18(25)13-8-11(20)9-14(21)17(13)26-2/h3-9H,1-2H3,(H2,23,24,25,27). The third-order valence-corrected chi connectivity index (χ3v) is 4.51. The second-order valence-corrected chi connectivity index (χ2v) is 6.95. The summed E-state index contributed by atoms with van der Waals surface area (Å²) in [6.07, 6.45) is 0. The molecule has 0 saturated carbocycles. The largest absolute Gasteiger partial charge is 0.494 e. The number of amides is 1. The highest BCUT2D eigenvalue weighted by Crippen LogP contribution is 2.32. The van der Waals surface area contributed by atoms with Crippen molar-refractivity contribution in [2.75, 3.05) is 12.4 Å². The first-order valence-corrected chi connectivity index (χ1v) is 9.07. The molecule has 1 heterocycles. The van der Waals surface area contributed by atoms with Crippen molar-refractivity contribution >= 4 is 63.0 Å². The van der Waals surface area contributed by atoms with E-state index in [1.165, 1.54) is 19.2 Å². The van der Waals surface area contributed by atoms with Crippen molar-refractivity contribution in [2.45, 2.75) is 6.92 Å². The van der Waals surface area contributed by atoms with Gasteiger partial charge in [0.2, 0.25) is 0 Å². The number of halogens is 2. The van der Waals surface area contributed by atoms with Crippen molar-refractivity contribution < 1.29 is 9.53 Å². The molecule has 8 heteroatoms. The van der Waals surface area contributed by atoms with Crippen LogP contribution in [0.2, 0.25) is 10.0 Å². The molecule has 5 nitrogen and oxygen atoms in total. The number of carbonyl (C=O) groups is 1. The number of methoxy groups -OCH3 is 1. The van der Waals surface area contributed by atoms with Crippen LogP contribution < -0.4 is 15.4 Å². The van der Waals surface area contributed by atoms with E-state index in [-0.39, 0.29) is 21.4 Å². The number of aromatic nitrogens is 1. The minimum atomic E-state index is -0.483. The Bertz CT molecular complexity index is 1060. The van der Waals surface area contributed by atoms with Gasteiger partial charge in [-0.1, -0.05) is 29.3 Å². The van der Waals surface area contributed by atoms with E-state index in [1.54, 1.807) is 0 Å². The maximum atomic E-state index is 12.6. The van der Waals surface area contributed by atoms with E-state index in [1.807, 2.05) is 37.3 Å². The van der Waals surface area contributed by atoms with Crippen molar-refractivity contribution in [3.8, 4) is 5.75 Å². The highest BCUT2D eigenvalue weighted by Gasteiger charge is 2.18. The first kappa shape index (κ1) is 19.4. The fraction of sp³-hybridized carbons (Fsp3) is 0.105. The Morgan fingerprint density at radius 3 is 2.70 bits per heavy atom. The number of ether oxygens (including phenoxy) is 1. The average Bonchev–Trinajstić information content (AvgIpc) is 2.60. The van der Waals surface area contributed by atoms with Crippen LogP contribution in [0.15, 0.2) is 42.5 Å². The predicted octanol–water partition coefficient (Wildman–Crippen LogP) is 4.99. The highest BCUT2D eigenvalue weighted by atomic mass is 35.5. The van der Waals surface area contributed by atoms with Crippen LogP contribution in [0.3, 0.4) is 0 Å². The number of nitrogens with one attached hydrogen (secondary N) is 2. The minimum absolute atomic E-state index is 0.131. The van der Waals surface area contributed by atoms with Crippen LogP contribution in [0, 0.1) is 6.92 Å². The Hall–Kier alpha value is -2.41. The zero-order chi connectivity index (χ0) is 19.6. The van der Waals surface area contributed by atoms with Gasteiger partial charge in [0.05, 0.1) is 23.2 Å². The van der Waals surface area contributed by atoms with Gasteiger partial charge in [-0.15, -0.1) is 0 Å². The van der Waals surface area contributed by atoms with Crippen LogP contribution in [0.4, 0.5) is 5.69 Å². The van der Waals surface area contributed by atoms with E-state index >= 15 is 0 Å². The van der Waals surface area contributed by atoms with Gasteiger partial charge in [-0.3, -0.25) is 15.1 Å². The number of anilines is 1. The molecule has 2 aromatic carbocycles. The van der Waals surface area contributed by atoms with E-state index in [2.05, 4.69) is 15.6 Å². The quantitative estimate of drug-likeness (QED) is 0.585. The molecule has 0 unspecified atom stereocenters. The molecule has 0 aliphatic rings. The molecule has 0 fully saturated rings. The second kappa shape index (κ2) is 8.08. The Balaban J connectivity index is 1.82. The van der Waals surface area contributed by atoms with Crippen LogP contribution in [0.1, 0.15) is 16.1 Å². The number of aryl methyl sites for hydroxylation is 1. The average molecular weight is 420 g/mol. The summed E-state index contributed by atoms with van der Waals surface area (Å²) in [6.45, 7) is 1.92. The monoisotopic (exact) mass is 419 g/mol. The molecule has 3 rings (SSSR count). The van der Waals surface area contributed by atoms with Crippen molar-refractivity contribution in [1.29, 1.82) is 0 Å². The smallest absolute Gasteiger partial charge is 0.261 e. The molecule has 1 aromatic heterocycles. The van der Waals surface area contributed by atoms with Gasteiger partial charge in [-0.25, -0.2) is 0 Å². The summed E-state index contributed by atoms with van der Waals surface area (Å²) in [5.74, 6) is -0.255. The van der Waals surface area contributed by atoms with E-state index in [0.29, 0.717) is 5.02 Å². The summed E-state index contributed by atoms with van der Waals surface area (Å²) >= 11 is 17.3. The van der Waals surface area contributed by atoms with Crippen LogP contribution in [0.25, 0.3) is 10.9 Å². The van der Waals surface area contributed by atoms with Gasteiger partial charge in [0.25, 0.3) is 5.91 Å². The maximum absolute atomic E-state index is 12.6. The maximum Gasteiger partial charge on any atom is 0.261 e. The summed E-state index contributed by atoms with van der Waals surface area (Å²) < 4.78 is 5.20. The number of carbonyl (C=O) groups excluding carboxylic acids is 1. The van der Waals surface area contributed by atoms with Crippen LogP contribution in [-0.4, -0.2) is 23.1 Å². The fourth-order valence-electron chi connectivity index (χ4n) is 2.63. The van der Waals surface area contributed by atoms with E-state index in [0.717, 1.165) is 22.3 Å². The van der Waals surface area contributed by atoms with Crippen molar-refractivity contribution in [2.24, 2.45) is 0 Å². The first-order valence-electron chi connectivity index (χ1n) is 7.91. The Kier molecular flexibility index (Phi) is 5.79. The summed E-state index contributed by atoms with van der Waals surface area (Å²) in [6, 6.07) is 12.5. The number of fused-ring (bicyclic) bond motifs is 1. The van der Waals surface area contributed by atoms with E-state index in [4.69, 9.17) is 40.2 Å². The van der Waals surface area contributed by atoms with Crippen molar-refractivity contribution in [1.82, 2.24) is 10.3 Å². The Labute approximate surface area is 171 Å². The molecule has 0 bridgehead atoms. The van der Waals surface area contributed by atoms with Crippen LogP contribution in [-0.2, 0) is 0 Å². The molecule has 2 N–H and O–H groups in total. The first-order chi connectivity index (χ1) is 12.9. The molecule has 1 amide bonds. The molecule has 3 aromatic rings. The van der Waals surface area contributed by atoms with E-state index < -0.39 is 5.91 Å². The topological polar surface area (TPSA) is 63.2 Å². The van der Waals surface area contributed by atoms with E-state index in [9.17, 15) is 4.79 Å².